The van der Waals surface area contributed by atoms with Gasteiger partial charge in [-0.1, -0.05) is 109 Å². The summed E-state index contributed by atoms with van der Waals surface area (Å²) < 4.78 is 72.7. The number of aliphatic hydroxyl groups excluding tert-OH is 2. The molecule has 3 aromatic heterocycles. The van der Waals surface area contributed by atoms with E-state index in [0.717, 1.165) is 27.5 Å². The Hall–Kier alpha value is -11.8. The number of carbonyl (C=O) groups is 6. The summed E-state index contributed by atoms with van der Waals surface area (Å²) in [7, 11) is 0. The number of nitrogens with zero attached hydrogens (tertiary/aromatic N) is 6. The number of rotatable bonds is 18. The van der Waals surface area contributed by atoms with E-state index in [9.17, 15) is 57.8 Å². The van der Waals surface area contributed by atoms with Gasteiger partial charge in [0.25, 0.3) is 11.8 Å². The average Bonchev–Trinajstić information content (AvgIpc) is 1.61. The van der Waals surface area contributed by atoms with Crippen molar-refractivity contribution in [1.82, 2.24) is 28.7 Å². The minimum Gasteiger partial charge on any atom is -0.459 e. The fourth-order valence-electron chi connectivity index (χ4n) is 11.1. The molecular formula is C72H67F2N9O19. The van der Waals surface area contributed by atoms with Crippen LogP contribution in [0.25, 0.3) is 0 Å². The van der Waals surface area contributed by atoms with E-state index in [1.165, 1.54) is 55.8 Å². The Kier molecular flexibility index (Phi) is 22.9. The predicted octanol–water partition coefficient (Wildman–Crippen LogP) is 6.23. The van der Waals surface area contributed by atoms with Crippen LogP contribution in [0.2, 0.25) is 0 Å². The summed E-state index contributed by atoms with van der Waals surface area (Å²) in [5, 5.41) is 35.3. The van der Waals surface area contributed by atoms with Crippen LogP contribution in [-0.2, 0) is 33.2 Å². The second kappa shape index (κ2) is 32.0. The molecule has 12 atom stereocenters. The molecule has 9 aromatic rings. The summed E-state index contributed by atoms with van der Waals surface area (Å²) in [6.45, 7) is 2.16. The van der Waals surface area contributed by atoms with Gasteiger partial charge in [-0.15, -0.1) is 0 Å². The molecule has 2 amide bonds. The maximum atomic E-state index is 16.5. The van der Waals surface area contributed by atoms with Crippen LogP contribution in [0.5, 0.6) is 0 Å². The maximum absolute atomic E-state index is 16.5. The summed E-state index contributed by atoms with van der Waals surface area (Å²) in [5.74, 6) is -3.90. The van der Waals surface area contributed by atoms with Gasteiger partial charge in [0.15, 0.2) is 42.2 Å². The highest BCUT2D eigenvalue weighted by molar-refractivity contribution is 6.04. The lowest BCUT2D eigenvalue weighted by atomic mass is 9.96. The summed E-state index contributed by atoms with van der Waals surface area (Å²) in [5.41, 5.74) is -2.17. The normalized spacial score (nSPS) is 23.9. The number of carbonyl (C=O) groups excluding carboxylic acids is 6. The predicted molar refractivity (Wildman–Crippen MR) is 358 cm³/mol. The first-order valence-corrected chi connectivity index (χ1v) is 31.4. The van der Waals surface area contributed by atoms with Gasteiger partial charge in [-0.2, -0.15) is 15.0 Å². The molecule has 3 unspecified atom stereocenters. The number of ether oxygens (including phenoxy) is 7. The van der Waals surface area contributed by atoms with Gasteiger partial charge in [0.05, 0.1) is 28.9 Å². The maximum Gasteiger partial charge on any atom is 0.351 e. The number of benzene rings is 6. The van der Waals surface area contributed by atoms with E-state index in [1.54, 1.807) is 170 Å². The number of nitrogen functional groups attached to an aromatic ring is 1. The molecule has 0 spiro atoms. The summed E-state index contributed by atoms with van der Waals surface area (Å²) in [6, 6.07) is 53.3. The number of halogens is 2. The molecule has 0 aliphatic carbocycles. The Morgan fingerprint density at radius 1 is 0.461 bits per heavy atom. The molecule has 6 aromatic carbocycles. The molecule has 0 bridgehead atoms. The third-order valence-electron chi connectivity index (χ3n) is 16.4. The molecule has 28 nitrogen and oxygen atoms in total. The molecule has 6 heterocycles. The van der Waals surface area contributed by atoms with Gasteiger partial charge in [-0.05, 0) is 112 Å². The number of aliphatic hydroxyl groups is 3. The van der Waals surface area contributed by atoms with E-state index >= 15 is 4.39 Å². The highest BCUT2D eigenvalue weighted by Gasteiger charge is 2.60. The van der Waals surface area contributed by atoms with Crippen LogP contribution < -0.4 is 33.4 Å². The van der Waals surface area contributed by atoms with Crippen molar-refractivity contribution in [2.45, 2.75) is 93.0 Å². The molecule has 3 aliphatic rings. The summed E-state index contributed by atoms with van der Waals surface area (Å²) in [6.07, 6.45) is -8.54. The number of hydrogen-bond acceptors (Lipinski definition) is 23. The zero-order chi connectivity index (χ0) is 72.9. The van der Waals surface area contributed by atoms with Gasteiger partial charge in [-0.3, -0.25) is 23.3 Å². The Morgan fingerprint density at radius 3 is 1.17 bits per heavy atom. The second-order valence-electron chi connectivity index (χ2n) is 23.7. The average molecular weight is 1400 g/mol. The Morgan fingerprint density at radius 2 is 0.784 bits per heavy atom. The van der Waals surface area contributed by atoms with Gasteiger partial charge >= 0.3 is 40.9 Å². The lowest BCUT2D eigenvalue weighted by Crippen LogP contribution is -2.48. The van der Waals surface area contributed by atoms with Crippen LogP contribution in [0, 0.1) is 0 Å². The fourth-order valence-corrected chi connectivity index (χ4v) is 11.1. The second-order valence-corrected chi connectivity index (χ2v) is 23.7. The largest absolute Gasteiger partial charge is 0.459 e. The number of alkyl halides is 2. The van der Waals surface area contributed by atoms with Gasteiger partial charge in [0, 0.05) is 29.7 Å². The first kappa shape index (κ1) is 72.9. The standard InChI is InChI=1S/C31H26FN3O7.C31H27N3O8.C10H14FN3O4/c1-31(32)25(42-28(38)22-15-9-4-10-16-22)23(19-40-27(37)21-13-7-3-8-14-21)41-29(31)35-18-17-24(34-30(35)39)33-26(36)20-11-5-2-6-12-20;1-31(39)25(42-28(37)22-15-9-4-10-16-22)23(19-40-27(36)21-13-7-3-8-14-21)41-29(31)34-18-17-24(33-30(34)38)32-26(35)20-11-5-2-6-12-20;1-10(11)7(16)5(4-15)18-8(10)14-3-2-6(12)13-9(14)17/h2-18,23,25,29H,19H2,1H3,(H,33,34,36,39);2-18,23,25,29,39H,19H2,1H3,(H,32,33,35,38);2-3,5,7-8,15-16H,4H2,1H3,(H2,12,13,17)/t2*23-,25-,29-,31?;5-,7+,8-,10?/m111/s1. The van der Waals surface area contributed by atoms with E-state index < -0.39 is 138 Å². The van der Waals surface area contributed by atoms with Crippen molar-refractivity contribution < 1.29 is 86.0 Å². The smallest absolute Gasteiger partial charge is 0.351 e. The first-order valence-electron chi connectivity index (χ1n) is 31.4. The number of hydrogen-bond donors (Lipinski definition) is 6. The van der Waals surface area contributed by atoms with Crippen LogP contribution in [0.4, 0.5) is 26.2 Å². The molecule has 3 aliphatic heterocycles. The lowest BCUT2D eigenvalue weighted by Gasteiger charge is -2.30. The van der Waals surface area contributed by atoms with E-state index in [-0.39, 0.29) is 40.8 Å². The van der Waals surface area contributed by atoms with Crippen molar-refractivity contribution in [3.8, 4) is 0 Å². The zero-order valence-corrected chi connectivity index (χ0v) is 54.5. The van der Waals surface area contributed by atoms with Gasteiger partial charge < -0.3 is 64.8 Å². The Balaban J connectivity index is 0.000000178. The zero-order valence-electron chi connectivity index (χ0n) is 54.5. The van der Waals surface area contributed by atoms with E-state index in [2.05, 4.69) is 25.6 Å². The van der Waals surface area contributed by atoms with Crippen LogP contribution in [0.15, 0.2) is 233 Å². The minimum atomic E-state index is -2.46. The molecular weight excluding hydrogens is 1330 g/mol. The van der Waals surface area contributed by atoms with Gasteiger partial charge in [-0.25, -0.2) is 42.3 Å². The fraction of sp³-hybridized carbons (Fsp3) is 0.250. The molecule has 528 valence electrons. The highest BCUT2D eigenvalue weighted by atomic mass is 19.1. The first-order chi connectivity index (χ1) is 48.8. The van der Waals surface area contributed by atoms with Crippen molar-refractivity contribution >= 4 is 53.1 Å². The summed E-state index contributed by atoms with van der Waals surface area (Å²) in [4.78, 5) is 125. The minimum absolute atomic E-state index is 0.00839. The Bertz CT molecular complexity index is 4370. The highest BCUT2D eigenvalue weighted by Crippen LogP contribution is 2.44. The Labute approximate surface area is 578 Å². The molecule has 3 saturated heterocycles. The van der Waals surface area contributed by atoms with Crippen molar-refractivity contribution in [2.75, 3.05) is 36.2 Å². The number of nitrogens with one attached hydrogen (secondary N) is 2. The molecule has 3 fully saturated rings. The SMILES string of the molecule is CC1(F)[C@@H](O)[C@@H](CO)O[C@H]1n1ccc(N)nc1=O.CC1(F)[C@H](OC(=O)c2ccccc2)[C@@H](COC(=O)c2ccccc2)O[C@H]1n1ccc(NC(=O)c2ccccc2)nc1=O.CC1(O)[C@H](OC(=O)c2ccccc2)[C@@H](COC(=O)c2ccccc2)O[C@H]1n1ccc(NC(=O)c2ccccc2)nc1=O. The number of amides is 2. The molecule has 102 heavy (non-hydrogen) atoms. The topological polar surface area (TPSA) is 382 Å². The molecule has 12 rings (SSSR count). The number of aromatic nitrogens is 6. The molecule has 30 heteroatoms. The van der Waals surface area contributed by atoms with Crippen LogP contribution in [0.3, 0.4) is 0 Å². The third-order valence-corrected chi connectivity index (χ3v) is 16.4. The van der Waals surface area contributed by atoms with Crippen LogP contribution in [-0.4, -0.2) is 153 Å². The number of esters is 4. The molecule has 7 N–H and O–H groups in total. The van der Waals surface area contributed by atoms with Crippen molar-refractivity contribution in [1.29, 1.82) is 0 Å². The lowest BCUT2D eigenvalue weighted by molar-refractivity contribution is -0.101. The number of anilines is 3. The van der Waals surface area contributed by atoms with Crippen molar-refractivity contribution in [3.05, 3.63) is 284 Å². The van der Waals surface area contributed by atoms with E-state index in [1.807, 2.05) is 0 Å². The molecule has 0 radical (unpaired) electrons. The van der Waals surface area contributed by atoms with Crippen LogP contribution >= 0.6 is 0 Å². The van der Waals surface area contributed by atoms with Gasteiger partial charge in [0.1, 0.15) is 60.7 Å². The molecule has 0 saturated carbocycles. The monoisotopic (exact) mass is 1400 g/mol. The number of nitrogens with two attached hydrogens (primary N) is 1. The summed E-state index contributed by atoms with van der Waals surface area (Å²) >= 11 is 0. The van der Waals surface area contributed by atoms with Crippen molar-refractivity contribution in [2.24, 2.45) is 0 Å². The quantitative estimate of drug-likeness (QED) is 0.0409. The van der Waals surface area contributed by atoms with E-state index in [0.29, 0.717) is 16.7 Å². The van der Waals surface area contributed by atoms with E-state index in [4.69, 9.17) is 44.0 Å². The van der Waals surface area contributed by atoms with Crippen molar-refractivity contribution in [3.63, 3.8) is 0 Å². The third kappa shape index (κ3) is 16.9. The van der Waals surface area contributed by atoms with Crippen LogP contribution in [0.1, 0.15) is 102 Å². The van der Waals surface area contributed by atoms with Gasteiger partial charge in [0.2, 0.25) is 0 Å².